The first-order valence-corrected chi connectivity index (χ1v) is 6.76. The van der Waals surface area contributed by atoms with Gasteiger partial charge in [-0.25, -0.2) is 0 Å². The molecule has 2 rings (SSSR count). The zero-order valence-corrected chi connectivity index (χ0v) is 11.6. The minimum absolute atomic E-state index is 0.0958. The summed E-state index contributed by atoms with van der Waals surface area (Å²) in [5.41, 5.74) is 1.58. The molecule has 0 radical (unpaired) electrons. The van der Waals surface area contributed by atoms with Gasteiger partial charge in [0.05, 0.1) is 12.1 Å². The zero-order chi connectivity index (χ0) is 12.3. The van der Waals surface area contributed by atoms with E-state index in [0.717, 1.165) is 14.9 Å². The molecule has 2 aromatic rings. The van der Waals surface area contributed by atoms with Crippen LogP contribution in [0.1, 0.15) is 20.8 Å². The fourth-order valence-electron chi connectivity index (χ4n) is 1.39. The van der Waals surface area contributed by atoms with Crippen molar-refractivity contribution in [2.24, 2.45) is 0 Å². The second-order valence-electron chi connectivity index (χ2n) is 3.63. The molecule has 5 heteroatoms. The Bertz CT molecular complexity index is 539. The van der Waals surface area contributed by atoms with Crippen LogP contribution in [0.2, 0.25) is 0 Å². The molecule has 2 heterocycles. The zero-order valence-electron chi connectivity index (χ0n) is 9.24. The van der Waals surface area contributed by atoms with Crippen molar-refractivity contribution < 1.29 is 4.79 Å². The van der Waals surface area contributed by atoms with E-state index in [0.29, 0.717) is 12.1 Å². The maximum Gasteiger partial charge on any atom is 0.253 e. The molecular formula is C12H11BrN2OS. The molecular weight excluding hydrogens is 300 g/mol. The number of aromatic nitrogens is 1. The smallest absolute Gasteiger partial charge is 0.253 e. The fourth-order valence-corrected chi connectivity index (χ4v) is 2.83. The number of pyridine rings is 1. The van der Waals surface area contributed by atoms with Gasteiger partial charge in [-0.1, -0.05) is 0 Å². The standard InChI is InChI=1S/C12H11BrN2OS/c1-8-4-9(6-14-5-8)12(16)15-7-11-10(13)2-3-17-11/h2-6H,7H2,1H3,(H,15,16). The summed E-state index contributed by atoms with van der Waals surface area (Å²) in [6, 6.07) is 3.80. The van der Waals surface area contributed by atoms with Crippen molar-refractivity contribution in [2.75, 3.05) is 0 Å². The highest BCUT2D eigenvalue weighted by Gasteiger charge is 2.07. The monoisotopic (exact) mass is 310 g/mol. The lowest BCUT2D eigenvalue weighted by molar-refractivity contribution is 0.0951. The molecule has 0 bridgehead atoms. The van der Waals surface area contributed by atoms with Gasteiger partial charge < -0.3 is 5.32 Å². The quantitative estimate of drug-likeness (QED) is 0.946. The van der Waals surface area contributed by atoms with Crippen molar-refractivity contribution >= 4 is 33.2 Å². The summed E-state index contributed by atoms with van der Waals surface area (Å²) in [6.07, 6.45) is 3.30. The van der Waals surface area contributed by atoms with E-state index in [4.69, 9.17) is 0 Å². The van der Waals surface area contributed by atoms with Crippen LogP contribution in [0.15, 0.2) is 34.4 Å². The van der Waals surface area contributed by atoms with Crippen molar-refractivity contribution in [2.45, 2.75) is 13.5 Å². The number of halogens is 1. The molecule has 1 amide bonds. The lowest BCUT2D eigenvalue weighted by atomic mass is 10.2. The molecule has 0 aliphatic rings. The molecule has 0 atom stereocenters. The van der Waals surface area contributed by atoms with Gasteiger partial charge in [-0.2, -0.15) is 0 Å². The lowest BCUT2D eigenvalue weighted by Gasteiger charge is -2.04. The maximum absolute atomic E-state index is 11.8. The van der Waals surface area contributed by atoms with Gasteiger partial charge >= 0.3 is 0 Å². The minimum Gasteiger partial charge on any atom is -0.347 e. The van der Waals surface area contributed by atoms with E-state index in [1.807, 2.05) is 24.4 Å². The SMILES string of the molecule is Cc1cncc(C(=O)NCc2sccc2Br)c1. The van der Waals surface area contributed by atoms with Crippen LogP contribution in [-0.2, 0) is 6.54 Å². The van der Waals surface area contributed by atoms with E-state index in [-0.39, 0.29) is 5.91 Å². The molecule has 0 saturated heterocycles. The molecule has 0 saturated carbocycles. The van der Waals surface area contributed by atoms with Gasteiger partial charge in [0.2, 0.25) is 0 Å². The van der Waals surface area contributed by atoms with E-state index in [9.17, 15) is 4.79 Å². The third-order valence-corrected chi connectivity index (χ3v) is 4.16. The number of amides is 1. The molecule has 0 fully saturated rings. The number of hydrogen-bond donors (Lipinski definition) is 1. The molecule has 0 aromatic carbocycles. The predicted octanol–water partition coefficient (Wildman–Crippen LogP) is 3.14. The first kappa shape index (κ1) is 12.3. The third kappa shape index (κ3) is 3.14. The number of carbonyl (C=O) groups is 1. The van der Waals surface area contributed by atoms with Crippen LogP contribution in [0.25, 0.3) is 0 Å². The first-order chi connectivity index (χ1) is 8.16. The molecule has 88 valence electrons. The molecule has 1 N–H and O–H groups in total. The number of rotatable bonds is 3. The van der Waals surface area contributed by atoms with Gasteiger partial charge in [-0.3, -0.25) is 9.78 Å². The number of aryl methyl sites for hydroxylation is 1. The normalized spacial score (nSPS) is 10.2. The Morgan fingerprint density at radius 1 is 1.53 bits per heavy atom. The van der Waals surface area contributed by atoms with Crippen molar-refractivity contribution in [3.05, 3.63) is 50.4 Å². The second kappa shape index (κ2) is 5.42. The van der Waals surface area contributed by atoms with E-state index in [1.54, 1.807) is 23.7 Å². The highest BCUT2D eigenvalue weighted by molar-refractivity contribution is 9.10. The summed E-state index contributed by atoms with van der Waals surface area (Å²) in [7, 11) is 0. The van der Waals surface area contributed by atoms with Crippen molar-refractivity contribution in [1.29, 1.82) is 0 Å². The summed E-state index contributed by atoms with van der Waals surface area (Å²) >= 11 is 5.04. The van der Waals surface area contributed by atoms with Crippen LogP contribution < -0.4 is 5.32 Å². The number of nitrogens with one attached hydrogen (secondary N) is 1. The summed E-state index contributed by atoms with van der Waals surface area (Å²) in [5, 5.41) is 4.86. The molecule has 3 nitrogen and oxygen atoms in total. The van der Waals surface area contributed by atoms with E-state index in [2.05, 4.69) is 26.2 Å². The average molecular weight is 311 g/mol. The Kier molecular flexibility index (Phi) is 3.91. The van der Waals surface area contributed by atoms with Crippen molar-refractivity contribution in [1.82, 2.24) is 10.3 Å². The lowest BCUT2D eigenvalue weighted by Crippen LogP contribution is -2.22. The van der Waals surface area contributed by atoms with Gasteiger partial charge in [-0.05, 0) is 45.9 Å². The topological polar surface area (TPSA) is 42.0 Å². The van der Waals surface area contributed by atoms with Gasteiger partial charge in [0.25, 0.3) is 5.91 Å². The van der Waals surface area contributed by atoms with Gasteiger partial charge in [0.15, 0.2) is 0 Å². The van der Waals surface area contributed by atoms with Crippen molar-refractivity contribution in [3.8, 4) is 0 Å². The van der Waals surface area contributed by atoms with Crippen LogP contribution in [0.5, 0.6) is 0 Å². The third-order valence-electron chi connectivity index (χ3n) is 2.24. The highest BCUT2D eigenvalue weighted by Crippen LogP contribution is 2.22. The highest BCUT2D eigenvalue weighted by atomic mass is 79.9. The number of thiophene rings is 1. The summed E-state index contributed by atoms with van der Waals surface area (Å²) in [4.78, 5) is 17.0. The predicted molar refractivity (Wildman–Crippen MR) is 72.2 cm³/mol. The van der Waals surface area contributed by atoms with Crippen LogP contribution in [0, 0.1) is 6.92 Å². The van der Waals surface area contributed by atoms with E-state index < -0.39 is 0 Å². The molecule has 0 spiro atoms. The summed E-state index contributed by atoms with van der Waals surface area (Å²) < 4.78 is 1.03. The summed E-state index contributed by atoms with van der Waals surface area (Å²) in [5.74, 6) is -0.0958. The first-order valence-electron chi connectivity index (χ1n) is 5.08. The Balaban J connectivity index is 2.01. The minimum atomic E-state index is -0.0958. The molecule has 2 aromatic heterocycles. The molecule has 0 aliphatic heterocycles. The summed E-state index contributed by atoms with van der Waals surface area (Å²) in [6.45, 7) is 2.45. The fraction of sp³-hybridized carbons (Fsp3) is 0.167. The van der Waals surface area contributed by atoms with Crippen LogP contribution >= 0.6 is 27.3 Å². The largest absolute Gasteiger partial charge is 0.347 e. The molecule has 0 aliphatic carbocycles. The van der Waals surface area contributed by atoms with E-state index >= 15 is 0 Å². The van der Waals surface area contributed by atoms with Crippen LogP contribution in [0.3, 0.4) is 0 Å². The number of hydrogen-bond acceptors (Lipinski definition) is 3. The van der Waals surface area contributed by atoms with E-state index in [1.165, 1.54) is 0 Å². The number of nitrogens with zero attached hydrogens (tertiary/aromatic N) is 1. The Morgan fingerprint density at radius 3 is 3.00 bits per heavy atom. The Morgan fingerprint density at radius 2 is 2.35 bits per heavy atom. The molecule has 0 unspecified atom stereocenters. The van der Waals surface area contributed by atoms with Crippen molar-refractivity contribution in [3.63, 3.8) is 0 Å². The number of carbonyl (C=O) groups excluding carboxylic acids is 1. The van der Waals surface area contributed by atoms with Crippen LogP contribution in [0.4, 0.5) is 0 Å². The van der Waals surface area contributed by atoms with Gasteiger partial charge in [-0.15, -0.1) is 11.3 Å². The van der Waals surface area contributed by atoms with Gasteiger partial charge in [0.1, 0.15) is 0 Å². The molecule has 17 heavy (non-hydrogen) atoms. The maximum atomic E-state index is 11.8. The Labute approximate surface area is 112 Å². The Hall–Kier alpha value is -1.20. The van der Waals surface area contributed by atoms with Gasteiger partial charge in [0, 0.05) is 21.7 Å². The second-order valence-corrected chi connectivity index (χ2v) is 5.48. The average Bonchev–Trinajstić information content (AvgIpc) is 2.72. The van der Waals surface area contributed by atoms with Crippen LogP contribution in [-0.4, -0.2) is 10.9 Å².